The number of allylic oxidation sites excluding steroid dienone is 5. The molecule has 0 saturated heterocycles. The molecule has 0 amide bonds. The minimum Gasteiger partial charge on any atom is -0.281 e. The first-order valence-electron chi connectivity index (χ1n) is 8.65. The van der Waals surface area contributed by atoms with Crippen LogP contribution in [0, 0.1) is 0 Å². The number of rotatable bonds is 5. The molecule has 0 unspecified atom stereocenters. The Balaban J connectivity index is 2.14. The summed E-state index contributed by atoms with van der Waals surface area (Å²) in [6.07, 6.45) is 17.6. The van der Waals surface area contributed by atoms with Gasteiger partial charge in [0.15, 0.2) is 0 Å². The average molecular weight is 320 g/mol. The predicted octanol–water partition coefficient (Wildman–Crippen LogP) is 5.06. The number of aromatic amines is 1. The Morgan fingerprint density at radius 2 is 2.12 bits per heavy atom. The second kappa shape index (κ2) is 7.86. The van der Waals surface area contributed by atoms with Gasteiger partial charge in [-0.25, -0.2) is 9.97 Å². The summed E-state index contributed by atoms with van der Waals surface area (Å²) in [4.78, 5) is 8.55. The third-order valence-electron chi connectivity index (χ3n) is 4.56. The third-order valence-corrected chi connectivity index (χ3v) is 4.56. The SMILES string of the molecule is C=C/C=C(\C=C/C)c1n[nH]c(C2CCCCC2)c1-c1ccncn1. The fourth-order valence-corrected chi connectivity index (χ4v) is 3.47. The molecule has 124 valence electrons. The van der Waals surface area contributed by atoms with Crippen LogP contribution in [0.15, 0.2) is 49.5 Å². The zero-order valence-corrected chi connectivity index (χ0v) is 14.2. The zero-order valence-electron chi connectivity index (χ0n) is 14.2. The summed E-state index contributed by atoms with van der Waals surface area (Å²) in [5.74, 6) is 0.528. The zero-order chi connectivity index (χ0) is 16.8. The summed E-state index contributed by atoms with van der Waals surface area (Å²) in [6, 6.07) is 1.96. The predicted molar refractivity (Wildman–Crippen MR) is 98.4 cm³/mol. The van der Waals surface area contributed by atoms with Crippen LogP contribution in [-0.2, 0) is 0 Å². The minimum absolute atomic E-state index is 0.528. The molecule has 0 radical (unpaired) electrons. The summed E-state index contributed by atoms with van der Waals surface area (Å²) in [6.45, 7) is 5.84. The highest BCUT2D eigenvalue weighted by Gasteiger charge is 2.25. The molecule has 2 aromatic heterocycles. The van der Waals surface area contributed by atoms with Gasteiger partial charge in [0, 0.05) is 28.9 Å². The molecule has 0 bridgehead atoms. The number of hydrogen-bond donors (Lipinski definition) is 1. The standard InChI is InChI=1S/C20H24N4/c1-3-8-15(9-4-2)19-18(17-12-13-21-14-22-17)20(24-23-19)16-10-6-5-7-11-16/h3-4,8-9,12-14,16H,1,5-7,10-11H2,2H3,(H,23,24)/b9-4-,15-8+. The van der Waals surface area contributed by atoms with E-state index < -0.39 is 0 Å². The van der Waals surface area contributed by atoms with E-state index in [1.807, 2.05) is 25.1 Å². The molecule has 1 saturated carbocycles. The number of H-pyrrole nitrogens is 1. The van der Waals surface area contributed by atoms with Crippen molar-refractivity contribution in [3.8, 4) is 11.3 Å². The first-order chi connectivity index (χ1) is 11.8. The van der Waals surface area contributed by atoms with E-state index in [0.29, 0.717) is 5.92 Å². The van der Waals surface area contributed by atoms with Crippen molar-refractivity contribution in [2.75, 3.05) is 0 Å². The fraction of sp³-hybridized carbons (Fsp3) is 0.350. The van der Waals surface area contributed by atoms with Crippen molar-refractivity contribution in [1.29, 1.82) is 0 Å². The van der Waals surface area contributed by atoms with Crippen LogP contribution in [0.25, 0.3) is 16.8 Å². The van der Waals surface area contributed by atoms with Gasteiger partial charge < -0.3 is 0 Å². The van der Waals surface area contributed by atoms with Crippen molar-refractivity contribution in [2.45, 2.75) is 44.9 Å². The Morgan fingerprint density at radius 3 is 2.79 bits per heavy atom. The van der Waals surface area contributed by atoms with Crippen LogP contribution >= 0.6 is 0 Å². The summed E-state index contributed by atoms with van der Waals surface area (Å²) in [5, 5.41) is 7.97. The molecular weight excluding hydrogens is 296 g/mol. The van der Waals surface area contributed by atoms with E-state index in [-0.39, 0.29) is 0 Å². The molecule has 3 rings (SSSR count). The molecule has 2 aromatic rings. The van der Waals surface area contributed by atoms with Gasteiger partial charge in [-0.1, -0.05) is 50.1 Å². The van der Waals surface area contributed by atoms with Gasteiger partial charge >= 0.3 is 0 Å². The van der Waals surface area contributed by atoms with Crippen molar-refractivity contribution in [1.82, 2.24) is 20.2 Å². The normalized spacial score (nSPS) is 16.6. The molecule has 1 N–H and O–H groups in total. The van der Waals surface area contributed by atoms with Crippen LogP contribution in [0.4, 0.5) is 0 Å². The topological polar surface area (TPSA) is 54.5 Å². The third kappa shape index (κ3) is 3.37. The summed E-state index contributed by atoms with van der Waals surface area (Å²) < 4.78 is 0. The molecule has 0 atom stereocenters. The molecule has 1 aliphatic carbocycles. The Kier molecular flexibility index (Phi) is 5.36. The second-order valence-corrected chi connectivity index (χ2v) is 6.15. The Hall–Kier alpha value is -2.49. The highest BCUT2D eigenvalue weighted by molar-refractivity contribution is 5.84. The molecule has 4 heteroatoms. The van der Waals surface area contributed by atoms with Gasteiger partial charge in [-0.3, -0.25) is 5.10 Å². The van der Waals surface area contributed by atoms with Crippen LogP contribution in [0.2, 0.25) is 0 Å². The maximum Gasteiger partial charge on any atom is 0.116 e. The van der Waals surface area contributed by atoms with E-state index in [1.54, 1.807) is 18.6 Å². The summed E-state index contributed by atoms with van der Waals surface area (Å²) in [5.41, 5.74) is 5.22. The van der Waals surface area contributed by atoms with Crippen molar-refractivity contribution in [3.05, 3.63) is 60.9 Å². The van der Waals surface area contributed by atoms with Gasteiger partial charge in [-0.2, -0.15) is 5.10 Å². The molecule has 0 aliphatic heterocycles. The molecule has 1 aliphatic rings. The Bertz CT molecular complexity index is 734. The van der Waals surface area contributed by atoms with E-state index in [9.17, 15) is 0 Å². The van der Waals surface area contributed by atoms with Crippen molar-refractivity contribution in [3.63, 3.8) is 0 Å². The van der Waals surface area contributed by atoms with Crippen LogP contribution in [0.3, 0.4) is 0 Å². The average Bonchev–Trinajstić information content (AvgIpc) is 3.08. The first kappa shape index (κ1) is 16.4. The quantitative estimate of drug-likeness (QED) is 0.783. The molecule has 24 heavy (non-hydrogen) atoms. The molecule has 2 heterocycles. The van der Waals surface area contributed by atoms with E-state index >= 15 is 0 Å². The van der Waals surface area contributed by atoms with Gasteiger partial charge in [0.05, 0.1) is 5.69 Å². The van der Waals surface area contributed by atoms with Crippen LogP contribution < -0.4 is 0 Å². The van der Waals surface area contributed by atoms with E-state index in [1.165, 1.54) is 37.8 Å². The van der Waals surface area contributed by atoms with Gasteiger partial charge in [0.2, 0.25) is 0 Å². The van der Waals surface area contributed by atoms with Gasteiger partial charge in [-0.05, 0) is 25.8 Å². The molecule has 4 nitrogen and oxygen atoms in total. The first-order valence-corrected chi connectivity index (χ1v) is 8.65. The Morgan fingerprint density at radius 1 is 1.29 bits per heavy atom. The van der Waals surface area contributed by atoms with E-state index in [2.05, 4.69) is 32.8 Å². The molecule has 0 aromatic carbocycles. The lowest BCUT2D eigenvalue weighted by Crippen LogP contribution is -2.06. The lowest BCUT2D eigenvalue weighted by Gasteiger charge is -2.21. The minimum atomic E-state index is 0.528. The van der Waals surface area contributed by atoms with Crippen molar-refractivity contribution < 1.29 is 0 Å². The summed E-state index contributed by atoms with van der Waals surface area (Å²) in [7, 11) is 0. The smallest absolute Gasteiger partial charge is 0.116 e. The van der Waals surface area contributed by atoms with Crippen LogP contribution in [0.5, 0.6) is 0 Å². The maximum atomic E-state index is 4.65. The highest BCUT2D eigenvalue weighted by Crippen LogP contribution is 2.39. The van der Waals surface area contributed by atoms with Gasteiger partial charge in [0.25, 0.3) is 0 Å². The monoisotopic (exact) mass is 320 g/mol. The molecule has 1 fully saturated rings. The fourth-order valence-electron chi connectivity index (χ4n) is 3.47. The van der Waals surface area contributed by atoms with Crippen LogP contribution in [0.1, 0.15) is 56.3 Å². The molecular formula is C20H24N4. The van der Waals surface area contributed by atoms with E-state index in [0.717, 1.165) is 22.5 Å². The largest absolute Gasteiger partial charge is 0.281 e. The lowest BCUT2D eigenvalue weighted by molar-refractivity contribution is 0.437. The molecule has 0 spiro atoms. The van der Waals surface area contributed by atoms with Crippen molar-refractivity contribution in [2.24, 2.45) is 0 Å². The van der Waals surface area contributed by atoms with E-state index in [4.69, 9.17) is 0 Å². The number of hydrogen-bond acceptors (Lipinski definition) is 3. The van der Waals surface area contributed by atoms with Gasteiger partial charge in [0.1, 0.15) is 12.0 Å². The maximum absolute atomic E-state index is 4.65. The number of nitrogens with zero attached hydrogens (tertiary/aromatic N) is 3. The number of nitrogens with one attached hydrogen (secondary N) is 1. The van der Waals surface area contributed by atoms with Gasteiger partial charge in [-0.15, -0.1) is 0 Å². The highest BCUT2D eigenvalue weighted by atomic mass is 15.1. The second-order valence-electron chi connectivity index (χ2n) is 6.15. The van der Waals surface area contributed by atoms with Crippen molar-refractivity contribution >= 4 is 5.57 Å². The summed E-state index contributed by atoms with van der Waals surface area (Å²) >= 11 is 0. The van der Waals surface area contributed by atoms with Crippen LogP contribution in [-0.4, -0.2) is 20.2 Å². The number of aromatic nitrogens is 4. The Labute approximate surface area is 143 Å². The lowest BCUT2D eigenvalue weighted by atomic mass is 9.84.